The van der Waals surface area contributed by atoms with E-state index in [2.05, 4.69) is 10.6 Å². The Bertz CT molecular complexity index is 760. The fraction of sp³-hybridized carbons (Fsp3) is 0.556. The van der Waals surface area contributed by atoms with Gasteiger partial charge in [-0.2, -0.15) is 4.31 Å². The van der Waals surface area contributed by atoms with Crippen molar-refractivity contribution in [1.29, 1.82) is 0 Å². The van der Waals surface area contributed by atoms with Crippen molar-refractivity contribution in [2.45, 2.75) is 31.1 Å². The van der Waals surface area contributed by atoms with Gasteiger partial charge in [-0.3, -0.25) is 9.59 Å². The monoisotopic (exact) mass is 397 g/mol. The molecule has 0 aromatic heterocycles. The highest BCUT2D eigenvalue weighted by Gasteiger charge is 2.27. The fourth-order valence-corrected chi connectivity index (χ4v) is 4.52. The molecule has 8 nitrogen and oxygen atoms in total. The van der Waals surface area contributed by atoms with Gasteiger partial charge >= 0.3 is 0 Å². The smallest absolute Gasteiger partial charge is 0.279 e. The Labute approximate surface area is 161 Å². The maximum atomic E-state index is 12.6. The second-order valence-electron chi connectivity index (χ2n) is 6.85. The van der Waals surface area contributed by atoms with Crippen molar-refractivity contribution in [2.24, 2.45) is 0 Å². The minimum atomic E-state index is -3.52. The van der Waals surface area contributed by atoms with Gasteiger partial charge in [0.05, 0.1) is 11.9 Å². The molecule has 1 unspecified atom stereocenters. The van der Waals surface area contributed by atoms with Gasteiger partial charge in [0.2, 0.25) is 10.0 Å². The number of benzene rings is 1. The van der Waals surface area contributed by atoms with E-state index in [9.17, 15) is 18.0 Å². The van der Waals surface area contributed by atoms with E-state index < -0.39 is 10.0 Å². The van der Waals surface area contributed by atoms with Crippen LogP contribution in [0.25, 0.3) is 0 Å². The lowest BCUT2D eigenvalue weighted by atomic mass is 10.3. The molecule has 3 N–H and O–H groups in total. The van der Waals surface area contributed by atoms with E-state index in [1.54, 1.807) is 25.2 Å². The number of carbonyl (C=O) groups excluding carboxylic acids is 2. The van der Waals surface area contributed by atoms with Crippen LogP contribution in [-0.2, 0) is 19.6 Å². The largest absolute Gasteiger partial charge is 0.351 e. The zero-order valence-corrected chi connectivity index (χ0v) is 16.8. The first-order valence-electron chi connectivity index (χ1n) is 9.31. The van der Waals surface area contributed by atoms with Crippen molar-refractivity contribution in [3.8, 4) is 0 Å². The molecule has 0 saturated carbocycles. The molecule has 1 saturated heterocycles. The summed E-state index contributed by atoms with van der Waals surface area (Å²) in [4.78, 5) is 24.8. The molecule has 1 heterocycles. The SMILES string of the molecule is CCCNC(=O)C[NH+](C)CC(=O)Nc1cccc(S(=O)(=O)N2CCCC2)c1. The van der Waals surface area contributed by atoms with E-state index >= 15 is 0 Å². The van der Waals surface area contributed by atoms with Crippen LogP contribution in [0.2, 0.25) is 0 Å². The Balaban J connectivity index is 1.93. The van der Waals surface area contributed by atoms with Gasteiger partial charge in [0.15, 0.2) is 13.1 Å². The van der Waals surface area contributed by atoms with Crippen LogP contribution >= 0.6 is 0 Å². The molecule has 0 bridgehead atoms. The minimum Gasteiger partial charge on any atom is -0.351 e. The molecule has 0 spiro atoms. The zero-order chi connectivity index (χ0) is 19.9. The number of rotatable bonds is 9. The number of quaternary nitrogens is 1. The number of amides is 2. The van der Waals surface area contributed by atoms with Crippen LogP contribution in [0.1, 0.15) is 26.2 Å². The van der Waals surface area contributed by atoms with E-state index in [1.807, 2.05) is 6.92 Å². The second kappa shape index (κ2) is 9.82. The summed E-state index contributed by atoms with van der Waals surface area (Å²) in [6, 6.07) is 6.30. The van der Waals surface area contributed by atoms with E-state index in [0.717, 1.165) is 24.2 Å². The summed E-state index contributed by atoms with van der Waals surface area (Å²) < 4.78 is 26.7. The third-order valence-corrected chi connectivity index (χ3v) is 6.21. The van der Waals surface area contributed by atoms with Crippen LogP contribution in [0.15, 0.2) is 29.2 Å². The number of hydrogen-bond donors (Lipinski definition) is 3. The van der Waals surface area contributed by atoms with Gasteiger partial charge in [0.25, 0.3) is 11.8 Å². The Kier molecular flexibility index (Phi) is 7.76. The van der Waals surface area contributed by atoms with Crippen molar-refractivity contribution >= 4 is 27.5 Å². The van der Waals surface area contributed by atoms with Gasteiger partial charge < -0.3 is 15.5 Å². The number of nitrogens with zero attached hydrogens (tertiary/aromatic N) is 1. The third kappa shape index (κ3) is 6.30. The Morgan fingerprint density at radius 1 is 1.15 bits per heavy atom. The van der Waals surface area contributed by atoms with E-state index in [-0.39, 0.29) is 29.8 Å². The van der Waals surface area contributed by atoms with Crippen molar-refractivity contribution in [3.63, 3.8) is 0 Å². The second-order valence-corrected chi connectivity index (χ2v) is 8.79. The molecule has 27 heavy (non-hydrogen) atoms. The Morgan fingerprint density at radius 2 is 1.81 bits per heavy atom. The predicted molar refractivity (Wildman–Crippen MR) is 103 cm³/mol. The Hall–Kier alpha value is -1.97. The van der Waals surface area contributed by atoms with E-state index in [1.165, 1.54) is 10.4 Å². The van der Waals surface area contributed by atoms with Crippen LogP contribution in [0.5, 0.6) is 0 Å². The van der Waals surface area contributed by atoms with E-state index in [0.29, 0.717) is 25.3 Å². The topological polar surface area (TPSA) is 100 Å². The average Bonchev–Trinajstić information content (AvgIpc) is 3.15. The molecular formula is C18H29N4O4S+. The van der Waals surface area contributed by atoms with Crippen molar-refractivity contribution in [1.82, 2.24) is 9.62 Å². The number of carbonyl (C=O) groups is 2. The quantitative estimate of drug-likeness (QED) is 0.521. The minimum absolute atomic E-state index is 0.0964. The molecule has 1 aromatic rings. The molecule has 0 aliphatic carbocycles. The van der Waals surface area contributed by atoms with Crippen LogP contribution in [0.4, 0.5) is 5.69 Å². The first-order chi connectivity index (χ1) is 12.8. The molecular weight excluding hydrogens is 368 g/mol. The molecule has 1 aliphatic rings. The van der Waals surface area contributed by atoms with Crippen LogP contribution < -0.4 is 15.5 Å². The molecule has 1 aliphatic heterocycles. The molecule has 2 amide bonds. The maximum Gasteiger partial charge on any atom is 0.279 e. The highest BCUT2D eigenvalue weighted by atomic mass is 32.2. The first-order valence-corrected chi connectivity index (χ1v) is 10.7. The van der Waals surface area contributed by atoms with Crippen LogP contribution in [0, 0.1) is 0 Å². The standard InChI is InChI=1S/C18H28N4O4S/c1-3-9-19-17(23)13-21(2)14-18(24)20-15-7-6-8-16(12-15)27(25,26)22-10-4-5-11-22/h6-8,12H,3-5,9-11,13-14H2,1-2H3,(H,19,23)(H,20,24)/p+1. The summed E-state index contributed by atoms with van der Waals surface area (Å²) >= 11 is 0. The average molecular weight is 398 g/mol. The van der Waals surface area contributed by atoms with E-state index in [4.69, 9.17) is 0 Å². The normalized spacial score (nSPS) is 16.1. The summed E-state index contributed by atoms with van der Waals surface area (Å²) in [5, 5.41) is 5.49. The lowest BCUT2D eigenvalue weighted by Crippen LogP contribution is -3.11. The van der Waals surface area contributed by atoms with Crippen molar-refractivity contribution in [2.75, 3.05) is 45.1 Å². The molecule has 9 heteroatoms. The van der Waals surface area contributed by atoms with Gasteiger partial charge in [-0.25, -0.2) is 8.42 Å². The summed E-state index contributed by atoms with van der Waals surface area (Å²) in [7, 11) is -1.76. The number of sulfonamides is 1. The van der Waals surface area contributed by atoms with Gasteiger partial charge in [0, 0.05) is 25.3 Å². The molecule has 1 fully saturated rings. The van der Waals surface area contributed by atoms with Crippen molar-refractivity contribution < 1.29 is 22.9 Å². The van der Waals surface area contributed by atoms with Crippen molar-refractivity contribution in [3.05, 3.63) is 24.3 Å². The Morgan fingerprint density at radius 3 is 2.48 bits per heavy atom. The predicted octanol–water partition coefficient (Wildman–Crippen LogP) is -0.549. The third-order valence-electron chi connectivity index (χ3n) is 4.32. The lowest BCUT2D eigenvalue weighted by molar-refractivity contribution is -0.862. The molecule has 1 atom stereocenters. The molecule has 150 valence electrons. The van der Waals surface area contributed by atoms with Gasteiger partial charge in [-0.1, -0.05) is 13.0 Å². The highest BCUT2D eigenvalue weighted by molar-refractivity contribution is 7.89. The lowest BCUT2D eigenvalue weighted by Gasteiger charge is -2.16. The number of anilines is 1. The summed E-state index contributed by atoms with van der Waals surface area (Å²) in [5.74, 6) is -0.368. The summed E-state index contributed by atoms with van der Waals surface area (Å²) in [6.07, 6.45) is 2.61. The van der Waals surface area contributed by atoms with Crippen LogP contribution in [0.3, 0.4) is 0 Å². The van der Waals surface area contributed by atoms with Crippen LogP contribution in [-0.4, -0.2) is 64.3 Å². The molecule has 0 radical (unpaired) electrons. The first kappa shape index (κ1) is 21.3. The summed E-state index contributed by atoms with van der Waals surface area (Å²) in [6.45, 7) is 3.98. The molecule has 2 rings (SSSR count). The van der Waals surface area contributed by atoms with Gasteiger partial charge in [0.1, 0.15) is 0 Å². The van der Waals surface area contributed by atoms with Gasteiger partial charge in [-0.15, -0.1) is 0 Å². The summed E-state index contributed by atoms with van der Waals surface area (Å²) in [5.41, 5.74) is 0.434. The highest BCUT2D eigenvalue weighted by Crippen LogP contribution is 2.22. The van der Waals surface area contributed by atoms with Gasteiger partial charge in [-0.05, 0) is 37.5 Å². The molecule has 1 aromatic carbocycles. The maximum absolute atomic E-state index is 12.6. The zero-order valence-electron chi connectivity index (χ0n) is 16.0. The number of nitrogens with one attached hydrogen (secondary N) is 3. The number of likely N-dealkylation sites (N-methyl/N-ethyl adjacent to an activating group) is 1. The number of hydrogen-bond acceptors (Lipinski definition) is 4. The fourth-order valence-electron chi connectivity index (χ4n) is 2.95.